The molecule has 3 aromatic rings. The largest absolute Gasteiger partial charge is 0.383 e. The van der Waals surface area contributed by atoms with E-state index in [1.54, 1.807) is 11.3 Å². The van der Waals surface area contributed by atoms with E-state index in [1.165, 1.54) is 17.0 Å². The molecule has 8 heteroatoms. The first-order chi connectivity index (χ1) is 12.1. The van der Waals surface area contributed by atoms with Gasteiger partial charge in [-0.2, -0.15) is 0 Å². The first-order valence-corrected chi connectivity index (χ1v) is 9.80. The van der Waals surface area contributed by atoms with Gasteiger partial charge in [-0.25, -0.2) is 14.4 Å². The smallest absolute Gasteiger partial charge is 0.163 e. The van der Waals surface area contributed by atoms with Crippen LogP contribution in [-0.2, 0) is 11.3 Å². The zero-order valence-corrected chi connectivity index (χ0v) is 16.3. The zero-order valence-electron chi connectivity index (χ0n) is 13.3. The summed E-state index contributed by atoms with van der Waals surface area (Å²) in [6.45, 7) is 4.27. The molecule has 0 atom stereocenters. The quantitative estimate of drug-likeness (QED) is 0.594. The lowest BCUT2D eigenvalue weighted by Gasteiger charge is -2.25. The Morgan fingerprint density at radius 1 is 1.20 bits per heavy atom. The van der Waals surface area contributed by atoms with E-state index in [4.69, 9.17) is 10.5 Å². The highest BCUT2D eigenvalue weighted by molar-refractivity contribution is 14.1. The Balaban J connectivity index is 1.69. The molecule has 1 aliphatic heterocycles. The molecule has 2 N–H and O–H groups in total. The van der Waals surface area contributed by atoms with Crippen molar-refractivity contribution in [3.05, 3.63) is 38.5 Å². The molecule has 1 aromatic carbocycles. The number of hydrogen-bond acceptors (Lipinski definition) is 6. The van der Waals surface area contributed by atoms with Crippen molar-refractivity contribution in [3.63, 3.8) is 0 Å². The lowest BCUT2D eigenvalue weighted by molar-refractivity contribution is 0.0346. The molecule has 0 amide bonds. The summed E-state index contributed by atoms with van der Waals surface area (Å²) >= 11 is 3.69. The van der Waals surface area contributed by atoms with Crippen molar-refractivity contribution in [3.8, 4) is 11.4 Å². The van der Waals surface area contributed by atoms with Gasteiger partial charge in [-0.3, -0.25) is 4.90 Å². The van der Waals surface area contributed by atoms with E-state index in [0.29, 0.717) is 17.2 Å². The van der Waals surface area contributed by atoms with Crippen molar-refractivity contribution < 1.29 is 9.13 Å². The molecule has 3 heterocycles. The predicted molar refractivity (Wildman–Crippen MR) is 106 cm³/mol. The van der Waals surface area contributed by atoms with Crippen molar-refractivity contribution in [1.29, 1.82) is 0 Å². The summed E-state index contributed by atoms with van der Waals surface area (Å²) in [5.74, 6) is 0.592. The second-order valence-corrected chi connectivity index (χ2v) is 8.27. The van der Waals surface area contributed by atoms with Crippen LogP contribution in [0.15, 0.2) is 24.3 Å². The SMILES string of the molecule is Nc1nc(-c2cc(F)cc(I)c2)nc2sc(CN3CCOCC3)cc12. The number of hydrogen-bond donors (Lipinski definition) is 1. The number of aromatic nitrogens is 2. The summed E-state index contributed by atoms with van der Waals surface area (Å²) in [6, 6.07) is 6.82. The number of ether oxygens (including phenoxy) is 1. The average molecular weight is 470 g/mol. The van der Waals surface area contributed by atoms with E-state index in [-0.39, 0.29) is 5.82 Å². The Hall–Kier alpha value is -1.36. The number of benzene rings is 1. The molecule has 5 nitrogen and oxygen atoms in total. The van der Waals surface area contributed by atoms with Crippen LogP contribution in [-0.4, -0.2) is 41.2 Å². The third kappa shape index (κ3) is 3.76. The second kappa shape index (κ2) is 7.10. The van der Waals surface area contributed by atoms with Gasteiger partial charge in [-0.15, -0.1) is 11.3 Å². The minimum absolute atomic E-state index is 0.302. The van der Waals surface area contributed by atoms with Gasteiger partial charge in [0, 0.05) is 33.6 Å². The Bertz CT molecular complexity index is 906. The fourth-order valence-electron chi connectivity index (χ4n) is 2.86. The number of nitrogens with two attached hydrogens (primary N) is 1. The maximum Gasteiger partial charge on any atom is 0.163 e. The first-order valence-electron chi connectivity index (χ1n) is 7.91. The van der Waals surface area contributed by atoms with Gasteiger partial charge in [0.2, 0.25) is 0 Å². The molecule has 0 spiro atoms. The molecule has 130 valence electrons. The van der Waals surface area contributed by atoms with Gasteiger partial charge in [0.1, 0.15) is 16.5 Å². The zero-order chi connectivity index (χ0) is 17.4. The topological polar surface area (TPSA) is 64.3 Å². The predicted octanol–water partition coefficient (Wildman–Crippen LogP) is 3.52. The van der Waals surface area contributed by atoms with Crippen molar-refractivity contribution >= 4 is 50.0 Å². The van der Waals surface area contributed by atoms with Crippen LogP contribution < -0.4 is 5.73 Å². The lowest BCUT2D eigenvalue weighted by Crippen LogP contribution is -2.35. The first kappa shape index (κ1) is 17.1. The number of nitrogen functional groups attached to an aromatic ring is 1. The maximum absolute atomic E-state index is 13.7. The Labute approximate surface area is 162 Å². The maximum atomic E-state index is 13.7. The minimum Gasteiger partial charge on any atom is -0.383 e. The van der Waals surface area contributed by atoms with Gasteiger partial charge >= 0.3 is 0 Å². The molecule has 0 unspecified atom stereocenters. The molecule has 1 saturated heterocycles. The van der Waals surface area contributed by atoms with Crippen molar-refractivity contribution in [1.82, 2.24) is 14.9 Å². The van der Waals surface area contributed by atoms with Crippen molar-refractivity contribution in [2.45, 2.75) is 6.54 Å². The molecule has 0 aliphatic carbocycles. The summed E-state index contributed by atoms with van der Waals surface area (Å²) in [6.07, 6.45) is 0. The molecule has 0 saturated carbocycles. The van der Waals surface area contributed by atoms with Crippen LogP contribution in [0, 0.1) is 9.39 Å². The second-order valence-electron chi connectivity index (χ2n) is 5.91. The fraction of sp³-hybridized carbons (Fsp3) is 0.294. The summed E-state index contributed by atoms with van der Waals surface area (Å²) in [7, 11) is 0. The van der Waals surface area contributed by atoms with E-state index < -0.39 is 0 Å². The van der Waals surface area contributed by atoms with Crippen molar-refractivity contribution in [2.75, 3.05) is 32.0 Å². The van der Waals surface area contributed by atoms with E-state index in [9.17, 15) is 4.39 Å². The average Bonchev–Trinajstić information content (AvgIpc) is 2.98. The van der Waals surface area contributed by atoms with Crippen LogP contribution >= 0.6 is 33.9 Å². The summed E-state index contributed by atoms with van der Waals surface area (Å²) in [4.78, 5) is 13.4. The van der Waals surface area contributed by atoms with Gasteiger partial charge in [0.15, 0.2) is 5.82 Å². The third-order valence-corrected chi connectivity index (χ3v) is 5.71. The molecule has 25 heavy (non-hydrogen) atoms. The molecular weight excluding hydrogens is 454 g/mol. The van der Waals surface area contributed by atoms with Gasteiger partial charge in [0.05, 0.1) is 18.6 Å². The lowest BCUT2D eigenvalue weighted by atomic mass is 10.2. The van der Waals surface area contributed by atoms with Crippen LogP contribution in [0.1, 0.15) is 4.88 Å². The summed E-state index contributed by atoms with van der Waals surface area (Å²) in [5.41, 5.74) is 6.78. The summed E-state index contributed by atoms with van der Waals surface area (Å²) in [5, 5.41) is 0.864. The molecule has 4 rings (SSSR count). The number of fused-ring (bicyclic) bond motifs is 1. The standard InChI is InChI=1S/C17H16FIN4OS/c18-11-5-10(6-12(19)7-11)16-21-15(20)14-8-13(25-17(14)22-16)9-23-1-3-24-4-2-23/h5-8H,1-4,9H2,(H2,20,21,22). The number of nitrogens with zero attached hydrogens (tertiary/aromatic N) is 3. The third-order valence-electron chi connectivity index (χ3n) is 4.08. The number of thiophene rings is 1. The van der Waals surface area contributed by atoms with E-state index in [2.05, 4.69) is 43.5 Å². The molecule has 0 bridgehead atoms. The highest BCUT2D eigenvalue weighted by Gasteiger charge is 2.15. The van der Waals surface area contributed by atoms with E-state index in [1.807, 2.05) is 6.07 Å². The van der Waals surface area contributed by atoms with Gasteiger partial charge < -0.3 is 10.5 Å². The number of rotatable bonds is 3. The highest BCUT2D eigenvalue weighted by atomic mass is 127. The fourth-order valence-corrected chi connectivity index (χ4v) is 4.57. The normalized spacial score (nSPS) is 15.8. The number of anilines is 1. The van der Waals surface area contributed by atoms with Crippen LogP contribution in [0.2, 0.25) is 0 Å². The highest BCUT2D eigenvalue weighted by Crippen LogP contribution is 2.31. The van der Waals surface area contributed by atoms with Gasteiger partial charge in [0.25, 0.3) is 0 Å². The number of halogens is 2. The summed E-state index contributed by atoms with van der Waals surface area (Å²) < 4.78 is 19.9. The van der Waals surface area contributed by atoms with Crippen LogP contribution in [0.4, 0.5) is 10.2 Å². The van der Waals surface area contributed by atoms with Crippen LogP contribution in [0.5, 0.6) is 0 Å². The Morgan fingerprint density at radius 2 is 2.00 bits per heavy atom. The van der Waals surface area contributed by atoms with Crippen LogP contribution in [0.25, 0.3) is 21.6 Å². The Kier molecular flexibility index (Phi) is 4.85. The van der Waals surface area contributed by atoms with Crippen LogP contribution in [0.3, 0.4) is 0 Å². The van der Waals surface area contributed by atoms with Crippen molar-refractivity contribution in [2.24, 2.45) is 0 Å². The monoisotopic (exact) mass is 470 g/mol. The van der Waals surface area contributed by atoms with Gasteiger partial charge in [-0.1, -0.05) is 0 Å². The van der Waals surface area contributed by atoms with E-state index >= 15 is 0 Å². The molecular formula is C17H16FIN4OS. The minimum atomic E-state index is -0.302. The molecule has 2 aromatic heterocycles. The molecule has 1 fully saturated rings. The van der Waals surface area contributed by atoms with E-state index in [0.717, 1.165) is 46.6 Å². The molecule has 1 aliphatic rings. The van der Waals surface area contributed by atoms with Gasteiger partial charge in [-0.05, 0) is 46.9 Å². The Morgan fingerprint density at radius 3 is 2.76 bits per heavy atom. The molecule has 0 radical (unpaired) electrons. The number of morpholine rings is 1.